The van der Waals surface area contributed by atoms with Crippen molar-refractivity contribution in [3.05, 3.63) is 0 Å². The quantitative estimate of drug-likeness (QED) is 0.541. The van der Waals surface area contributed by atoms with Gasteiger partial charge in [0.05, 0.1) is 7.11 Å². The summed E-state index contributed by atoms with van der Waals surface area (Å²) in [7, 11) is 1.33. The lowest BCUT2D eigenvalue weighted by molar-refractivity contribution is -0.143. The summed E-state index contributed by atoms with van der Waals surface area (Å²) in [5.41, 5.74) is 0. The molecular weight excluding hydrogens is 149 g/mol. The van der Waals surface area contributed by atoms with E-state index in [1.807, 2.05) is 0 Å². The summed E-state index contributed by atoms with van der Waals surface area (Å²) >= 11 is 0. The molecule has 4 atom stereocenters. The molecule has 0 spiro atoms. The number of halogens is 1. The van der Waals surface area contributed by atoms with Gasteiger partial charge in [0.1, 0.15) is 12.2 Å². The van der Waals surface area contributed by atoms with Crippen molar-refractivity contribution in [2.75, 3.05) is 7.11 Å². The lowest BCUT2D eigenvalue weighted by Crippen LogP contribution is -2.38. The van der Waals surface area contributed by atoms with E-state index in [-0.39, 0.29) is 24.0 Å². The first-order chi connectivity index (χ1) is 5.24. The zero-order chi connectivity index (χ0) is 8.01. The van der Waals surface area contributed by atoms with Crippen molar-refractivity contribution >= 4 is 5.97 Å². The van der Waals surface area contributed by atoms with E-state index in [1.54, 1.807) is 0 Å². The molecule has 1 N–H and O–H groups in total. The average molecular weight is 159 g/mol. The number of fused-ring (bicyclic) bond motifs is 1. The van der Waals surface area contributed by atoms with Crippen LogP contribution in [0.5, 0.6) is 0 Å². The minimum atomic E-state index is -0.834. The predicted octanol–water partition coefficient (Wildman–Crippen LogP) is -0.142. The second kappa shape index (κ2) is 2.17. The molecule has 3 nitrogen and oxygen atoms in total. The summed E-state index contributed by atoms with van der Waals surface area (Å²) in [5, 5.41) is 2.88. The molecule has 2 saturated heterocycles. The molecule has 1 aliphatic carbocycles. The Balaban J connectivity index is 2.04. The number of hydrogen-bond acceptors (Lipinski definition) is 3. The molecule has 3 aliphatic rings. The standard InChI is InChI=1S/C7H10FNO2/c1-11-7(10)6-3-2-4(9-6)5(3)8/h3-6,9H,2H2,1H3/t3-,4+,5+,6?/m1/s1. The number of hydrogen-bond donors (Lipinski definition) is 1. The second-order valence-electron chi connectivity index (χ2n) is 3.12. The van der Waals surface area contributed by atoms with Crippen LogP contribution in [0.15, 0.2) is 0 Å². The normalized spacial score (nSPS) is 46.7. The topological polar surface area (TPSA) is 38.3 Å². The Labute approximate surface area is 63.9 Å². The molecule has 0 aromatic carbocycles. The molecule has 0 aromatic rings. The van der Waals surface area contributed by atoms with E-state index in [0.717, 1.165) is 6.42 Å². The molecule has 2 aliphatic heterocycles. The number of rotatable bonds is 1. The van der Waals surface area contributed by atoms with Crippen LogP contribution in [0.25, 0.3) is 0 Å². The molecule has 2 bridgehead atoms. The van der Waals surface area contributed by atoms with E-state index in [2.05, 4.69) is 10.1 Å². The maximum absolute atomic E-state index is 12.8. The highest BCUT2D eigenvalue weighted by Gasteiger charge is 2.56. The van der Waals surface area contributed by atoms with Crippen molar-refractivity contribution in [3.8, 4) is 0 Å². The zero-order valence-corrected chi connectivity index (χ0v) is 6.21. The summed E-state index contributed by atoms with van der Waals surface area (Å²) in [4.78, 5) is 10.9. The van der Waals surface area contributed by atoms with E-state index >= 15 is 0 Å². The molecule has 62 valence electrons. The lowest BCUT2D eigenvalue weighted by atomic mass is 9.81. The van der Waals surface area contributed by atoms with Crippen molar-refractivity contribution in [1.82, 2.24) is 5.32 Å². The maximum Gasteiger partial charge on any atom is 0.323 e. The Hall–Kier alpha value is -0.640. The molecule has 0 amide bonds. The van der Waals surface area contributed by atoms with Gasteiger partial charge in [0.25, 0.3) is 0 Å². The van der Waals surface area contributed by atoms with E-state index in [1.165, 1.54) is 7.11 Å². The fourth-order valence-corrected chi connectivity index (χ4v) is 1.86. The van der Waals surface area contributed by atoms with Crippen molar-refractivity contribution < 1.29 is 13.9 Å². The van der Waals surface area contributed by atoms with Crippen LogP contribution < -0.4 is 5.32 Å². The average Bonchev–Trinajstić information content (AvgIpc) is 2.58. The zero-order valence-electron chi connectivity index (χ0n) is 6.21. The van der Waals surface area contributed by atoms with Crippen molar-refractivity contribution in [3.63, 3.8) is 0 Å². The number of esters is 1. The Morgan fingerprint density at radius 1 is 1.73 bits per heavy atom. The van der Waals surface area contributed by atoms with E-state index in [4.69, 9.17) is 0 Å². The molecule has 0 radical (unpaired) electrons. The van der Waals surface area contributed by atoms with E-state index in [0.29, 0.717) is 0 Å². The third-order valence-electron chi connectivity index (χ3n) is 2.60. The monoisotopic (exact) mass is 159 g/mol. The highest BCUT2D eigenvalue weighted by atomic mass is 19.1. The van der Waals surface area contributed by atoms with E-state index < -0.39 is 6.17 Å². The lowest BCUT2D eigenvalue weighted by Gasteiger charge is -2.27. The molecule has 3 rings (SSSR count). The Morgan fingerprint density at radius 2 is 2.45 bits per heavy atom. The third-order valence-corrected chi connectivity index (χ3v) is 2.60. The Kier molecular flexibility index (Phi) is 1.39. The Bertz CT molecular complexity index is 197. The summed E-state index contributed by atoms with van der Waals surface area (Å²) in [6.45, 7) is 0. The van der Waals surface area contributed by atoms with Gasteiger partial charge in [0.2, 0.25) is 0 Å². The molecule has 11 heavy (non-hydrogen) atoms. The van der Waals surface area contributed by atoms with Crippen LogP contribution in [0.2, 0.25) is 0 Å². The first-order valence-electron chi connectivity index (χ1n) is 3.72. The van der Waals surface area contributed by atoms with Crippen LogP contribution in [0.4, 0.5) is 4.39 Å². The van der Waals surface area contributed by atoms with Crippen molar-refractivity contribution in [1.29, 1.82) is 0 Å². The summed E-state index contributed by atoms with van der Waals surface area (Å²) in [5.74, 6) is -0.468. The third kappa shape index (κ3) is 0.788. The molecule has 1 saturated carbocycles. The second-order valence-corrected chi connectivity index (χ2v) is 3.12. The number of alkyl halides is 1. The molecule has 2 heterocycles. The van der Waals surface area contributed by atoms with Gasteiger partial charge in [-0.3, -0.25) is 10.1 Å². The van der Waals surface area contributed by atoms with Crippen LogP contribution in [-0.4, -0.2) is 31.3 Å². The van der Waals surface area contributed by atoms with Crippen LogP contribution >= 0.6 is 0 Å². The minimum absolute atomic E-state index is 0.0934. The van der Waals surface area contributed by atoms with Gasteiger partial charge in [-0.1, -0.05) is 0 Å². The molecular formula is C7H10FNO2. The smallest absolute Gasteiger partial charge is 0.323 e. The number of carbonyl (C=O) groups is 1. The van der Waals surface area contributed by atoms with Gasteiger partial charge >= 0.3 is 5.97 Å². The van der Waals surface area contributed by atoms with Crippen molar-refractivity contribution in [2.24, 2.45) is 5.92 Å². The highest BCUT2D eigenvalue weighted by molar-refractivity contribution is 5.77. The van der Waals surface area contributed by atoms with Crippen molar-refractivity contribution in [2.45, 2.75) is 24.7 Å². The van der Waals surface area contributed by atoms with Gasteiger partial charge in [-0.15, -0.1) is 0 Å². The number of ether oxygens (including phenoxy) is 1. The number of carbonyl (C=O) groups excluding carboxylic acids is 1. The largest absolute Gasteiger partial charge is 0.468 e. The molecule has 0 aromatic heterocycles. The van der Waals surface area contributed by atoms with Crippen LogP contribution in [-0.2, 0) is 9.53 Å². The Morgan fingerprint density at radius 3 is 2.82 bits per heavy atom. The predicted molar refractivity (Wildman–Crippen MR) is 35.7 cm³/mol. The molecule has 1 unspecified atom stereocenters. The number of methoxy groups -OCH3 is 1. The van der Waals surface area contributed by atoms with Gasteiger partial charge < -0.3 is 4.74 Å². The van der Waals surface area contributed by atoms with E-state index in [9.17, 15) is 9.18 Å². The first kappa shape index (κ1) is 7.03. The minimum Gasteiger partial charge on any atom is -0.468 e. The highest BCUT2D eigenvalue weighted by Crippen LogP contribution is 2.41. The van der Waals surface area contributed by atoms with Gasteiger partial charge in [-0.25, -0.2) is 4.39 Å². The molecule has 4 heteroatoms. The van der Waals surface area contributed by atoms with Gasteiger partial charge in [-0.2, -0.15) is 0 Å². The fourth-order valence-electron chi connectivity index (χ4n) is 1.86. The van der Waals surface area contributed by atoms with Crippen LogP contribution in [0, 0.1) is 5.92 Å². The molecule has 3 fully saturated rings. The summed E-state index contributed by atoms with van der Waals surface area (Å²) in [6.07, 6.45) is -0.0555. The van der Waals surface area contributed by atoms with Gasteiger partial charge in [0.15, 0.2) is 0 Å². The first-order valence-corrected chi connectivity index (χ1v) is 3.72. The van der Waals surface area contributed by atoms with Gasteiger partial charge in [-0.05, 0) is 6.42 Å². The summed E-state index contributed by atoms with van der Waals surface area (Å²) < 4.78 is 17.4. The number of nitrogens with one attached hydrogen (secondary N) is 1. The summed E-state index contributed by atoms with van der Waals surface area (Å²) in [6, 6.07) is -0.482. The maximum atomic E-state index is 12.8. The SMILES string of the molecule is COC(=O)C1N[C@H]2C[C@@H]1[C@@H]2F. The van der Waals surface area contributed by atoms with Crippen LogP contribution in [0.3, 0.4) is 0 Å². The van der Waals surface area contributed by atoms with Crippen LogP contribution in [0.1, 0.15) is 6.42 Å². The fraction of sp³-hybridized carbons (Fsp3) is 0.857. The van der Waals surface area contributed by atoms with Gasteiger partial charge in [0, 0.05) is 12.0 Å².